The van der Waals surface area contributed by atoms with Crippen molar-refractivity contribution >= 4 is 5.78 Å². The minimum absolute atomic E-state index is 0.271. The van der Waals surface area contributed by atoms with Gasteiger partial charge in [-0.2, -0.15) is 0 Å². The van der Waals surface area contributed by atoms with Gasteiger partial charge in [-0.3, -0.25) is 4.79 Å². The van der Waals surface area contributed by atoms with E-state index in [0.29, 0.717) is 5.92 Å². The first-order valence-electron chi connectivity index (χ1n) is 6.71. The number of benzene rings is 1. The van der Waals surface area contributed by atoms with Crippen LogP contribution in [0.5, 0.6) is 5.75 Å². The van der Waals surface area contributed by atoms with Gasteiger partial charge >= 0.3 is 0 Å². The van der Waals surface area contributed by atoms with Crippen LogP contribution in [0.4, 0.5) is 0 Å². The van der Waals surface area contributed by atoms with E-state index in [-0.39, 0.29) is 11.2 Å². The summed E-state index contributed by atoms with van der Waals surface area (Å²) in [7, 11) is 1.68. The molecular weight excluding hydrogens is 224 g/mol. The van der Waals surface area contributed by atoms with E-state index in [1.807, 2.05) is 6.07 Å². The van der Waals surface area contributed by atoms with Crippen molar-refractivity contribution < 1.29 is 9.53 Å². The molecule has 0 unspecified atom stereocenters. The maximum atomic E-state index is 12.0. The third-order valence-corrected chi connectivity index (χ3v) is 4.29. The maximum absolute atomic E-state index is 12.0. The van der Waals surface area contributed by atoms with Gasteiger partial charge in [0.05, 0.1) is 12.5 Å². The zero-order chi connectivity index (χ0) is 13.3. The Hall–Kier alpha value is -1.31. The molecule has 98 valence electrons. The topological polar surface area (TPSA) is 26.3 Å². The lowest BCUT2D eigenvalue weighted by Gasteiger charge is -2.41. The normalized spacial score (nSPS) is 17.4. The predicted octanol–water partition coefficient (Wildman–Crippen LogP) is 3.83. The Morgan fingerprint density at radius 3 is 2.39 bits per heavy atom. The van der Waals surface area contributed by atoms with Gasteiger partial charge in [0.1, 0.15) is 11.5 Å². The monoisotopic (exact) mass is 246 g/mol. The number of rotatable bonds is 4. The van der Waals surface area contributed by atoms with E-state index in [0.717, 1.165) is 30.6 Å². The SMILES string of the molecule is COc1ccc(C(C)C)cc1C1(C(C)=O)CCC1. The second-order valence-electron chi connectivity index (χ2n) is 5.61. The van der Waals surface area contributed by atoms with E-state index in [9.17, 15) is 4.79 Å². The predicted molar refractivity (Wildman–Crippen MR) is 73.3 cm³/mol. The van der Waals surface area contributed by atoms with Gasteiger partial charge in [0, 0.05) is 5.56 Å². The van der Waals surface area contributed by atoms with Crippen LogP contribution < -0.4 is 4.74 Å². The van der Waals surface area contributed by atoms with Crippen LogP contribution in [0.25, 0.3) is 0 Å². The summed E-state index contributed by atoms with van der Waals surface area (Å²) in [6, 6.07) is 6.28. The number of hydrogen-bond acceptors (Lipinski definition) is 2. The van der Waals surface area contributed by atoms with Crippen LogP contribution in [0.1, 0.15) is 57.1 Å². The number of Topliss-reactive ketones (excluding diaryl/α,β-unsaturated/α-hetero) is 1. The van der Waals surface area contributed by atoms with Gasteiger partial charge in [0.25, 0.3) is 0 Å². The van der Waals surface area contributed by atoms with Crippen molar-refractivity contribution in [2.45, 2.75) is 51.4 Å². The van der Waals surface area contributed by atoms with Crippen LogP contribution >= 0.6 is 0 Å². The lowest BCUT2D eigenvalue weighted by molar-refractivity contribution is -0.125. The molecule has 1 aromatic rings. The Labute approximate surface area is 109 Å². The first-order chi connectivity index (χ1) is 8.51. The molecule has 18 heavy (non-hydrogen) atoms. The van der Waals surface area contributed by atoms with Gasteiger partial charge in [0.2, 0.25) is 0 Å². The van der Waals surface area contributed by atoms with E-state index in [1.54, 1.807) is 14.0 Å². The molecule has 0 amide bonds. The molecule has 0 radical (unpaired) electrons. The quantitative estimate of drug-likeness (QED) is 0.807. The minimum Gasteiger partial charge on any atom is -0.496 e. The average Bonchev–Trinajstić information content (AvgIpc) is 2.26. The molecule has 0 atom stereocenters. The number of ether oxygens (including phenoxy) is 1. The number of carbonyl (C=O) groups is 1. The first-order valence-corrected chi connectivity index (χ1v) is 6.71. The summed E-state index contributed by atoms with van der Waals surface area (Å²) in [6.45, 7) is 6.06. The molecule has 0 heterocycles. The zero-order valence-electron chi connectivity index (χ0n) is 11.7. The number of ketones is 1. The van der Waals surface area contributed by atoms with E-state index in [4.69, 9.17) is 4.74 Å². The van der Waals surface area contributed by atoms with Gasteiger partial charge in [0.15, 0.2) is 0 Å². The summed E-state index contributed by atoms with van der Waals surface area (Å²) in [5.74, 6) is 1.60. The highest BCUT2D eigenvalue weighted by atomic mass is 16.5. The van der Waals surface area contributed by atoms with Crippen molar-refractivity contribution in [1.29, 1.82) is 0 Å². The fourth-order valence-corrected chi connectivity index (χ4v) is 2.80. The van der Waals surface area contributed by atoms with Crippen molar-refractivity contribution in [3.05, 3.63) is 29.3 Å². The number of methoxy groups -OCH3 is 1. The van der Waals surface area contributed by atoms with Crippen LogP contribution in [-0.4, -0.2) is 12.9 Å². The average molecular weight is 246 g/mol. The fourth-order valence-electron chi connectivity index (χ4n) is 2.80. The van der Waals surface area contributed by atoms with Crippen molar-refractivity contribution in [3.8, 4) is 5.75 Å². The van der Waals surface area contributed by atoms with E-state index < -0.39 is 0 Å². The molecule has 0 N–H and O–H groups in total. The lowest BCUT2D eigenvalue weighted by atomic mass is 9.61. The van der Waals surface area contributed by atoms with Gasteiger partial charge in [-0.1, -0.05) is 32.4 Å². The van der Waals surface area contributed by atoms with Crippen LogP contribution in [0, 0.1) is 0 Å². The molecule has 1 aliphatic carbocycles. The van der Waals surface area contributed by atoms with Crippen molar-refractivity contribution in [3.63, 3.8) is 0 Å². The second-order valence-corrected chi connectivity index (χ2v) is 5.61. The van der Waals surface area contributed by atoms with Gasteiger partial charge < -0.3 is 4.74 Å². The smallest absolute Gasteiger partial charge is 0.140 e. The molecule has 2 rings (SSSR count). The Bertz CT molecular complexity index is 456. The summed E-state index contributed by atoms with van der Waals surface area (Å²) in [4.78, 5) is 12.0. The van der Waals surface area contributed by atoms with Crippen LogP contribution in [0.3, 0.4) is 0 Å². The van der Waals surface area contributed by atoms with Crippen LogP contribution in [0.15, 0.2) is 18.2 Å². The molecule has 2 nitrogen and oxygen atoms in total. The maximum Gasteiger partial charge on any atom is 0.140 e. The van der Waals surface area contributed by atoms with E-state index in [2.05, 4.69) is 26.0 Å². The fraction of sp³-hybridized carbons (Fsp3) is 0.562. The Kier molecular flexibility index (Phi) is 3.47. The summed E-state index contributed by atoms with van der Waals surface area (Å²) >= 11 is 0. The Morgan fingerprint density at radius 1 is 1.33 bits per heavy atom. The molecule has 1 aromatic carbocycles. The molecule has 0 spiro atoms. The summed E-state index contributed by atoms with van der Waals surface area (Å²) < 4.78 is 5.46. The highest BCUT2D eigenvalue weighted by Crippen LogP contribution is 2.48. The molecule has 0 aromatic heterocycles. The Morgan fingerprint density at radius 2 is 2.00 bits per heavy atom. The van der Waals surface area contributed by atoms with Crippen LogP contribution in [0.2, 0.25) is 0 Å². The molecular formula is C16H22O2. The van der Waals surface area contributed by atoms with Crippen LogP contribution in [-0.2, 0) is 10.2 Å². The second kappa shape index (κ2) is 4.75. The van der Waals surface area contributed by atoms with Crippen molar-refractivity contribution in [1.82, 2.24) is 0 Å². The number of hydrogen-bond donors (Lipinski definition) is 0. The molecule has 2 heteroatoms. The first kappa shape index (κ1) is 13.1. The number of carbonyl (C=O) groups excluding carboxylic acids is 1. The van der Waals surface area contributed by atoms with Crippen molar-refractivity contribution in [2.75, 3.05) is 7.11 Å². The summed E-state index contributed by atoms with van der Waals surface area (Å²) in [6.07, 6.45) is 3.05. The third-order valence-electron chi connectivity index (χ3n) is 4.29. The largest absolute Gasteiger partial charge is 0.496 e. The zero-order valence-corrected chi connectivity index (χ0v) is 11.7. The van der Waals surface area contributed by atoms with Gasteiger partial charge in [-0.05, 0) is 37.3 Å². The molecule has 0 aliphatic heterocycles. The summed E-state index contributed by atoms with van der Waals surface area (Å²) in [5, 5.41) is 0. The third kappa shape index (κ3) is 1.94. The summed E-state index contributed by atoms with van der Waals surface area (Å²) in [5.41, 5.74) is 2.09. The molecule has 1 saturated carbocycles. The lowest BCUT2D eigenvalue weighted by Crippen LogP contribution is -2.41. The molecule has 0 saturated heterocycles. The van der Waals surface area contributed by atoms with Crippen molar-refractivity contribution in [2.24, 2.45) is 0 Å². The Balaban J connectivity index is 2.53. The van der Waals surface area contributed by atoms with E-state index >= 15 is 0 Å². The van der Waals surface area contributed by atoms with E-state index in [1.165, 1.54) is 5.56 Å². The molecule has 1 fully saturated rings. The van der Waals surface area contributed by atoms with Gasteiger partial charge in [-0.15, -0.1) is 0 Å². The molecule has 0 bridgehead atoms. The standard InChI is InChI=1S/C16H22O2/c1-11(2)13-6-7-15(18-4)14(10-13)16(12(3)17)8-5-9-16/h6-7,10-11H,5,8-9H2,1-4H3. The molecule has 1 aliphatic rings. The highest BCUT2D eigenvalue weighted by Gasteiger charge is 2.45. The van der Waals surface area contributed by atoms with Gasteiger partial charge in [-0.25, -0.2) is 0 Å². The highest BCUT2D eigenvalue weighted by molar-refractivity contribution is 5.90. The minimum atomic E-state index is -0.282.